The van der Waals surface area contributed by atoms with Gasteiger partial charge in [-0.2, -0.15) is 0 Å². The fourth-order valence-corrected chi connectivity index (χ4v) is 6.66. The quantitative estimate of drug-likeness (QED) is 0.287. The summed E-state index contributed by atoms with van der Waals surface area (Å²) in [6, 6.07) is 12.4. The maximum Gasteiger partial charge on any atom is 0.248 e. The van der Waals surface area contributed by atoms with E-state index in [2.05, 4.69) is 16.0 Å². The number of hydrogen-bond acceptors (Lipinski definition) is 5. The molecule has 220 valence electrons. The highest BCUT2D eigenvalue weighted by atomic mass is 35.5. The van der Waals surface area contributed by atoms with Crippen LogP contribution in [-0.4, -0.2) is 36.9 Å². The van der Waals surface area contributed by atoms with Crippen LogP contribution >= 0.6 is 23.2 Å². The summed E-state index contributed by atoms with van der Waals surface area (Å²) in [6.45, 7) is 6.10. The van der Waals surface area contributed by atoms with E-state index in [-0.39, 0.29) is 38.9 Å². The van der Waals surface area contributed by atoms with Gasteiger partial charge in [0.2, 0.25) is 17.7 Å². The number of methoxy groups -OCH3 is 1. The third-order valence-electron chi connectivity index (χ3n) is 7.96. The Labute approximate surface area is 253 Å². The van der Waals surface area contributed by atoms with E-state index < -0.39 is 41.0 Å². The lowest BCUT2D eigenvalue weighted by atomic mass is 9.62. The molecule has 5 rings (SSSR count). The minimum absolute atomic E-state index is 0.125. The van der Waals surface area contributed by atoms with Crippen molar-refractivity contribution in [1.82, 2.24) is 5.32 Å². The van der Waals surface area contributed by atoms with E-state index in [1.165, 1.54) is 31.4 Å². The number of primary amides is 1. The molecule has 11 heteroatoms. The summed E-state index contributed by atoms with van der Waals surface area (Å²) in [4.78, 5) is 40.1. The van der Waals surface area contributed by atoms with Gasteiger partial charge in [-0.3, -0.25) is 14.4 Å². The molecule has 3 aromatic carbocycles. The molecular weight excluding hydrogens is 582 g/mol. The molecule has 3 amide bonds. The molecule has 0 aliphatic carbocycles. The van der Waals surface area contributed by atoms with Gasteiger partial charge in [0.1, 0.15) is 17.0 Å². The molecule has 0 radical (unpaired) electrons. The Bertz CT molecular complexity index is 1610. The molecule has 3 aromatic rings. The Hall–Kier alpha value is -3.66. The average Bonchev–Trinajstić information content (AvgIpc) is 3.39. The summed E-state index contributed by atoms with van der Waals surface area (Å²) in [7, 11) is 1.40. The Morgan fingerprint density at radius 2 is 1.86 bits per heavy atom. The summed E-state index contributed by atoms with van der Waals surface area (Å²) < 4.78 is 21.3. The van der Waals surface area contributed by atoms with Gasteiger partial charge < -0.3 is 26.4 Å². The van der Waals surface area contributed by atoms with Gasteiger partial charge in [-0.15, -0.1) is 0 Å². The molecule has 1 spiro atoms. The van der Waals surface area contributed by atoms with Gasteiger partial charge in [-0.05, 0) is 59.4 Å². The summed E-state index contributed by atoms with van der Waals surface area (Å²) >= 11 is 12.5. The second kappa shape index (κ2) is 10.9. The van der Waals surface area contributed by atoms with Crippen LogP contribution in [0.15, 0.2) is 54.6 Å². The first-order valence-corrected chi connectivity index (χ1v) is 14.1. The van der Waals surface area contributed by atoms with Crippen LogP contribution in [0.1, 0.15) is 54.6 Å². The number of anilines is 2. The lowest BCUT2D eigenvalue weighted by Gasteiger charge is -2.37. The fourth-order valence-electron chi connectivity index (χ4n) is 6.31. The lowest BCUT2D eigenvalue weighted by molar-refractivity contribution is -0.122. The van der Waals surface area contributed by atoms with E-state index in [1.54, 1.807) is 30.3 Å². The number of nitrogens with two attached hydrogens (primary N) is 1. The minimum Gasteiger partial charge on any atom is -0.495 e. The predicted molar refractivity (Wildman–Crippen MR) is 161 cm³/mol. The van der Waals surface area contributed by atoms with Gasteiger partial charge in [0, 0.05) is 28.2 Å². The Morgan fingerprint density at radius 1 is 1.12 bits per heavy atom. The third-order valence-corrected chi connectivity index (χ3v) is 8.49. The summed E-state index contributed by atoms with van der Waals surface area (Å²) in [5.41, 5.74) is 5.45. The Balaban J connectivity index is 1.70. The molecule has 0 bridgehead atoms. The van der Waals surface area contributed by atoms with Crippen molar-refractivity contribution in [2.24, 2.45) is 11.1 Å². The van der Waals surface area contributed by atoms with Crippen molar-refractivity contribution in [3.05, 3.63) is 87.2 Å². The molecule has 2 heterocycles. The number of benzene rings is 3. The maximum atomic E-state index is 15.9. The zero-order valence-electron chi connectivity index (χ0n) is 23.5. The first-order valence-electron chi connectivity index (χ1n) is 13.4. The van der Waals surface area contributed by atoms with Gasteiger partial charge in [-0.25, -0.2) is 4.39 Å². The van der Waals surface area contributed by atoms with Crippen molar-refractivity contribution < 1.29 is 23.5 Å². The normalized spacial score (nSPS) is 23.0. The number of carbonyl (C=O) groups excluding carboxylic acids is 3. The fraction of sp³-hybridized carbons (Fsp3) is 0.323. The molecule has 5 N–H and O–H groups in total. The van der Waals surface area contributed by atoms with E-state index in [0.717, 1.165) is 0 Å². The topological polar surface area (TPSA) is 123 Å². The molecular formula is C31H31Cl2FN4O4. The molecule has 0 aromatic heterocycles. The second-order valence-corrected chi connectivity index (χ2v) is 12.7. The highest BCUT2D eigenvalue weighted by Gasteiger charge is 2.66. The molecule has 1 fully saturated rings. The monoisotopic (exact) mass is 612 g/mol. The van der Waals surface area contributed by atoms with Crippen molar-refractivity contribution in [1.29, 1.82) is 0 Å². The van der Waals surface area contributed by atoms with Crippen molar-refractivity contribution in [3.8, 4) is 5.75 Å². The molecule has 2 aliphatic heterocycles. The van der Waals surface area contributed by atoms with Gasteiger partial charge >= 0.3 is 0 Å². The molecule has 42 heavy (non-hydrogen) atoms. The van der Waals surface area contributed by atoms with Crippen LogP contribution in [0.5, 0.6) is 5.75 Å². The van der Waals surface area contributed by atoms with Crippen molar-refractivity contribution in [2.75, 3.05) is 17.7 Å². The first kappa shape index (κ1) is 29.8. The zero-order valence-corrected chi connectivity index (χ0v) is 25.0. The van der Waals surface area contributed by atoms with Crippen LogP contribution < -0.4 is 26.4 Å². The average molecular weight is 614 g/mol. The SMILES string of the molecule is COc1cc(C(N)=O)ccc1NC(=O)[C@@H]1N[C@@H](CC(C)(C)C)[C@@]2(C(=O)Nc3cc(Cl)ccc32)[C@@H]1c1cccc(Cl)c1F. The van der Waals surface area contributed by atoms with Crippen molar-refractivity contribution in [2.45, 2.75) is 50.6 Å². The van der Waals surface area contributed by atoms with E-state index in [4.69, 9.17) is 33.7 Å². The number of rotatable bonds is 6. The van der Waals surface area contributed by atoms with Crippen LogP contribution in [0, 0.1) is 11.2 Å². The summed E-state index contributed by atoms with van der Waals surface area (Å²) in [6.07, 6.45) is 0.474. The van der Waals surface area contributed by atoms with Crippen LogP contribution in [0.25, 0.3) is 0 Å². The Morgan fingerprint density at radius 3 is 2.52 bits per heavy atom. The number of nitrogens with one attached hydrogen (secondary N) is 3. The van der Waals surface area contributed by atoms with Crippen LogP contribution in [0.3, 0.4) is 0 Å². The highest BCUT2D eigenvalue weighted by molar-refractivity contribution is 6.31. The summed E-state index contributed by atoms with van der Waals surface area (Å²) in [5, 5.41) is 9.52. The number of amides is 3. The first-order chi connectivity index (χ1) is 19.8. The highest BCUT2D eigenvalue weighted by Crippen LogP contribution is 2.57. The number of ether oxygens (including phenoxy) is 1. The number of hydrogen-bond donors (Lipinski definition) is 4. The van der Waals surface area contributed by atoms with E-state index in [0.29, 0.717) is 22.7 Å². The minimum atomic E-state index is -1.39. The van der Waals surface area contributed by atoms with Crippen LogP contribution in [0.2, 0.25) is 10.0 Å². The lowest BCUT2D eigenvalue weighted by Crippen LogP contribution is -2.49. The summed E-state index contributed by atoms with van der Waals surface area (Å²) in [5.74, 6) is -3.07. The number of carbonyl (C=O) groups is 3. The third kappa shape index (κ3) is 4.99. The van der Waals surface area contributed by atoms with Gasteiger partial charge in [0.25, 0.3) is 0 Å². The number of halogens is 3. The smallest absolute Gasteiger partial charge is 0.248 e. The molecule has 8 nitrogen and oxygen atoms in total. The zero-order chi connectivity index (χ0) is 30.6. The Kier molecular flexibility index (Phi) is 7.72. The second-order valence-electron chi connectivity index (χ2n) is 11.9. The van der Waals surface area contributed by atoms with Gasteiger partial charge in [0.15, 0.2) is 0 Å². The predicted octanol–water partition coefficient (Wildman–Crippen LogP) is 5.63. The largest absolute Gasteiger partial charge is 0.495 e. The van der Waals surface area contributed by atoms with Gasteiger partial charge in [0.05, 0.1) is 23.9 Å². The van der Waals surface area contributed by atoms with Crippen molar-refractivity contribution in [3.63, 3.8) is 0 Å². The molecule has 0 saturated carbocycles. The maximum absolute atomic E-state index is 15.9. The molecule has 1 saturated heterocycles. The van der Waals surface area contributed by atoms with E-state index >= 15 is 4.39 Å². The van der Waals surface area contributed by atoms with Crippen molar-refractivity contribution >= 4 is 52.3 Å². The standard InChI is InChI=1S/C31H31Cl2FN4O4/c1-30(2,3)14-23-31(18-10-9-16(32)13-21(18)37-29(31)41)24(17-6-5-7-19(33)25(17)34)26(38-23)28(40)36-20-11-8-15(27(35)39)12-22(20)42-4/h5-13,23-24,26,38H,14H2,1-4H3,(H2,35,39)(H,36,40)(H,37,41)/t23-,24+,26+,31+/m0/s1. The van der Waals surface area contributed by atoms with Gasteiger partial charge in [-0.1, -0.05) is 62.2 Å². The molecule has 0 unspecified atom stereocenters. The van der Waals surface area contributed by atoms with Crippen LogP contribution in [-0.2, 0) is 15.0 Å². The van der Waals surface area contributed by atoms with E-state index in [9.17, 15) is 14.4 Å². The van der Waals surface area contributed by atoms with E-state index in [1.807, 2.05) is 20.8 Å². The molecule has 2 aliphatic rings. The molecule has 4 atom stereocenters. The van der Waals surface area contributed by atoms with Crippen LogP contribution in [0.4, 0.5) is 15.8 Å². The number of fused-ring (bicyclic) bond motifs is 2.